The summed E-state index contributed by atoms with van der Waals surface area (Å²) in [6.07, 6.45) is 6.47. The first-order valence-corrected chi connectivity index (χ1v) is 11.8. The van der Waals surface area contributed by atoms with Crippen LogP contribution in [0.5, 0.6) is 11.5 Å². The molecule has 1 amide bonds. The van der Waals surface area contributed by atoms with Crippen molar-refractivity contribution in [3.05, 3.63) is 24.5 Å². The zero-order valence-electron chi connectivity index (χ0n) is 16.3. The molecule has 8 nitrogen and oxygen atoms in total. The number of thiazole rings is 1. The predicted octanol–water partition coefficient (Wildman–Crippen LogP) is 3.93. The number of anilines is 2. The van der Waals surface area contributed by atoms with Crippen LogP contribution in [0, 0.1) is 0 Å². The van der Waals surface area contributed by atoms with Crippen LogP contribution in [0.1, 0.15) is 25.7 Å². The Kier molecular flexibility index (Phi) is 5.58. The third kappa shape index (κ3) is 4.15. The number of nitrogens with one attached hydrogen (secondary N) is 1. The minimum atomic E-state index is -0.108. The van der Waals surface area contributed by atoms with Crippen molar-refractivity contribution in [2.24, 2.45) is 0 Å². The standard InChI is InChI=1S/C20H21N5O3S2/c26-16(23-13-5-6-14-15(9-13)28-12-27-14)10-29-19-17-18(21-11-22-19)24-20(30-17)25-7-3-1-2-4-8-25/h5-6,9,11H,1-4,7-8,10,12H2,(H,23,26). The lowest BCUT2D eigenvalue weighted by Gasteiger charge is -2.18. The Hall–Kier alpha value is -2.59. The molecule has 156 valence electrons. The number of benzene rings is 1. The fourth-order valence-electron chi connectivity index (χ4n) is 3.53. The van der Waals surface area contributed by atoms with Crippen LogP contribution >= 0.6 is 23.1 Å². The summed E-state index contributed by atoms with van der Waals surface area (Å²) in [6.45, 7) is 2.28. The largest absolute Gasteiger partial charge is 0.454 e. The number of fused-ring (bicyclic) bond motifs is 2. The molecule has 0 unspecified atom stereocenters. The van der Waals surface area contributed by atoms with Gasteiger partial charge in [-0.05, 0) is 25.0 Å². The molecule has 2 aromatic heterocycles. The minimum Gasteiger partial charge on any atom is -0.454 e. The number of thioether (sulfide) groups is 1. The van der Waals surface area contributed by atoms with Gasteiger partial charge in [0.15, 0.2) is 22.3 Å². The van der Waals surface area contributed by atoms with Crippen molar-refractivity contribution < 1.29 is 14.3 Å². The average Bonchev–Trinajstić information content (AvgIpc) is 3.31. The van der Waals surface area contributed by atoms with E-state index in [4.69, 9.17) is 14.5 Å². The van der Waals surface area contributed by atoms with E-state index >= 15 is 0 Å². The van der Waals surface area contributed by atoms with Gasteiger partial charge in [-0.1, -0.05) is 35.9 Å². The highest BCUT2D eigenvalue weighted by Gasteiger charge is 2.18. The lowest BCUT2D eigenvalue weighted by molar-refractivity contribution is -0.113. The maximum Gasteiger partial charge on any atom is 0.234 e. The van der Waals surface area contributed by atoms with Gasteiger partial charge < -0.3 is 19.7 Å². The second kappa shape index (κ2) is 8.65. The second-order valence-corrected chi connectivity index (χ2v) is 9.08. The van der Waals surface area contributed by atoms with Crippen LogP contribution in [0.2, 0.25) is 0 Å². The fraction of sp³-hybridized carbons (Fsp3) is 0.400. The highest BCUT2D eigenvalue weighted by molar-refractivity contribution is 8.00. The van der Waals surface area contributed by atoms with Crippen LogP contribution < -0.4 is 19.7 Å². The van der Waals surface area contributed by atoms with E-state index in [1.165, 1.54) is 43.8 Å². The van der Waals surface area contributed by atoms with E-state index < -0.39 is 0 Å². The van der Waals surface area contributed by atoms with Crippen LogP contribution in [-0.2, 0) is 4.79 Å². The van der Waals surface area contributed by atoms with Crippen molar-refractivity contribution in [3.63, 3.8) is 0 Å². The quantitative estimate of drug-likeness (QED) is 0.469. The van der Waals surface area contributed by atoms with Gasteiger partial charge in [0.05, 0.1) is 5.75 Å². The zero-order chi connectivity index (χ0) is 20.3. The summed E-state index contributed by atoms with van der Waals surface area (Å²) < 4.78 is 11.6. The molecule has 30 heavy (non-hydrogen) atoms. The summed E-state index contributed by atoms with van der Waals surface area (Å²) in [5.74, 6) is 1.47. The number of hydrogen-bond donors (Lipinski definition) is 1. The van der Waals surface area contributed by atoms with Crippen molar-refractivity contribution in [2.45, 2.75) is 30.7 Å². The molecule has 2 aliphatic heterocycles. The molecule has 0 atom stereocenters. The number of carbonyl (C=O) groups is 1. The van der Waals surface area contributed by atoms with Gasteiger partial charge in [-0.15, -0.1) is 0 Å². The summed E-state index contributed by atoms with van der Waals surface area (Å²) in [5.41, 5.74) is 1.38. The lowest BCUT2D eigenvalue weighted by Crippen LogP contribution is -2.23. The third-order valence-electron chi connectivity index (χ3n) is 5.02. The highest BCUT2D eigenvalue weighted by Crippen LogP contribution is 2.36. The number of nitrogens with zero attached hydrogens (tertiary/aromatic N) is 4. The van der Waals surface area contributed by atoms with Crippen molar-refractivity contribution in [2.75, 3.05) is 35.9 Å². The van der Waals surface area contributed by atoms with Crippen LogP contribution in [0.3, 0.4) is 0 Å². The van der Waals surface area contributed by atoms with Crippen LogP contribution in [0.4, 0.5) is 10.8 Å². The normalized spacial score (nSPS) is 15.9. The number of aromatic nitrogens is 3. The van der Waals surface area contributed by atoms with Gasteiger partial charge in [0.1, 0.15) is 16.1 Å². The van der Waals surface area contributed by atoms with Crippen molar-refractivity contribution in [3.8, 4) is 11.5 Å². The topological polar surface area (TPSA) is 89.5 Å². The van der Waals surface area contributed by atoms with E-state index in [2.05, 4.69) is 20.2 Å². The summed E-state index contributed by atoms with van der Waals surface area (Å²) in [7, 11) is 0. The SMILES string of the molecule is O=C(CSc1ncnc2nc(N3CCCCCC3)sc12)Nc1ccc2c(c1)OCO2. The van der Waals surface area contributed by atoms with Gasteiger partial charge >= 0.3 is 0 Å². The van der Waals surface area contributed by atoms with E-state index in [0.717, 1.165) is 27.9 Å². The molecular formula is C20H21N5O3S2. The van der Waals surface area contributed by atoms with Gasteiger partial charge in [-0.2, -0.15) is 4.98 Å². The molecule has 0 bridgehead atoms. The van der Waals surface area contributed by atoms with E-state index in [0.29, 0.717) is 22.8 Å². The smallest absolute Gasteiger partial charge is 0.234 e. The average molecular weight is 444 g/mol. The first-order chi connectivity index (χ1) is 14.8. The first kappa shape index (κ1) is 19.4. The molecule has 0 radical (unpaired) electrons. The number of carbonyl (C=O) groups excluding carboxylic acids is 1. The Morgan fingerprint density at radius 1 is 1.13 bits per heavy atom. The molecule has 1 fully saturated rings. The number of amides is 1. The first-order valence-electron chi connectivity index (χ1n) is 9.95. The summed E-state index contributed by atoms with van der Waals surface area (Å²) >= 11 is 3.02. The molecule has 1 saturated heterocycles. The summed E-state index contributed by atoms with van der Waals surface area (Å²) in [4.78, 5) is 28.2. The highest BCUT2D eigenvalue weighted by atomic mass is 32.2. The molecule has 4 heterocycles. The molecule has 1 aromatic carbocycles. The van der Waals surface area contributed by atoms with Gasteiger partial charge in [0.25, 0.3) is 0 Å². The Morgan fingerprint density at radius 2 is 1.97 bits per heavy atom. The van der Waals surface area contributed by atoms with E-state index in [1.54, 1.807) is 29.5 Å². The zero-order valence-corrected chi connectivity index (χ0v) is 17.9. The monoisotopic (exact) mass is 443 g/mol. The fourth-order valence-corrected chi connectivity index (χ4v) is 5.47. The molecule has 0 spiro atoms. The molecule has 0 aliphatic carbocycles. The van der Waals surface area contributed by atoms with Crippen molar-refractivity contribution in [1.29, 1.82) is 0 Å². The van der Waals surface area contributed by atoms with Crippen molar-refractivity contribution >= 4 is 50.2 Å². The van der Waals surface area contributed by atoms with Gasteiger partial charge in [-0.25, -0.2) is 9.97 Å². The number of ether oxygens (including phenoxy) is 2. The maximum absolute atomic E-state index is 12.4. The summed E-state index contributed by atoms with van der Waals surface area (Å²) in [5, 5.41) is 4.68. The molecule has 10 heteroatoms. The van der Waals surface area contributed by atoms with Crippen LogP contribution in [0.25, 0.3) is 10.3 Å². The second-order valence-electron chi connectivity index (χ2n) is 7.13. The Labute approximate surface area is 182 Å². The minimum absolute atomic E-state index is 0.108. The molecular weight excluding hydrogens is 422 g/mol. The molecule has 5 rings (SSSR count). The third-order valence-corrected chi connectivity index (χ3v) is 7.25. The van der Waals surface area contributed by atoms with E-state index in [-0.39, 0.29) is 18.5 Å². The maximum atomic E-state index is 12.4. The molecule has 0 saturated carbocycles. The van der Waals surface area contributed by atoms with Gasteiger partial charge in [-0.3, -0.25) is 4.79 Å². The molecule has 3 aromatic rings. The Bertz CT molecular complexity index is 1070. The lowest BCUT2D eigenvalue weighted by atomic mass is 10.2. The summed E-state index contributed by atoms with van der Waals surface area (Å²) in [6, 6.07) is 5.36. The molecule has 1 N–H and O–H groups in total. The van der Waals surface area contributed by atoms with E-state index in [1.807, 2.05) is 0 Å². The van der Waals surface area contributed by atoms with Gasteiger partial charge in [0.2, 0.25) is 12.7 Å². The predicted molar refractivity (Wildman–Crippen MR) is 118 cm³/mol. The Morgan fingerprint density at radius 3 is 2.83 bits per heavy atom. The van der Waals surface area contributed by atoms with Gasteiger partial charge in [0, 0.05) is 24.8 Å². The number of rotatable bonds is 5. The van der Waals surface area contributed by atoms with E-state index in [9.17, 15) is 4.79 Å². The molecule has 2 aliphatic rings. The van der Waals surface area contributed by atoms with Crippen molar-refractivity contribution in [1.82, 2.24) is 15.0 Å². The van der Waals surface area contributed by atoms with Crippen LogP contribution in [-0.4, -0.2) is 46.5 Å². The Balaban J connectivity index is 1.26. The van der Waals surface area contributed by atoms with Crippen LogP contribution in [0.15, 0.2) is 29.6 Å². The number of hydrogen-bond acceptors (Lipinski definition) is 9.